The molecule has 0 saturated heterocycles. The van der Waals surface area contributed by atoms with E-state index < -0.39 is 0 Å². The minimum atomic E-state index is 0.288. The molecule has 1 heterocycles. The van der Waals surface area contributed by atoms with E-state index in [0.29, 0.717) is 19.8 Å². The molecule has 0 aromatic heterocycles. The molecule has 0 radical (unpaired) electrons. The lowest BCUT2D eigenvalue weighted by molar-refractivity contribution is 0.119. The fourth-order valence-corrected chi connectivity index (χ4v) is 2.75. The summed E-state index contributed by atoms with van der Waals surface area (Å²) in [5.41, 5.74) is 2.24. The van der Waals surface area contributed by atoms with Gasteiger partial charge in [0.05, 0.1) is 13.7 Å². The lowest BCUT2D eigenvalue weighted by atomic mass is 10.2. The molecule has 3 rings (SSSR count). The quantitative estimate of drug-likeness (QED) is 0.393. The van der Waals surface area contributed by atoms with Crippen LogP contribution in [-0.2, 0) is 17.9 Å². The number of nitrogens with zero attached hydrogens (tertiary/aromatic N) is 1. The predicted octanol–water partition coefficient (Wildman–Crippen LogP) is 2.70. The lowest BCUT2D eigenvalue weighted by Gasteiger charge is -2.12. The van der Waals surface area contributed by atoms with E-state index in [-0.39, 0.29) is 6.79 Å². The maximum atomic E-state index is 5.71. The summed E-state index contributed by atoms with van der Waals surface area (Å²) >= 11 is 0. The minimum Gasteiger partial charge on any atom is -0.497 e. The maximum Gasteiger partial charge on any atom is 0.231 e. The van der Waals surface area contributed by atoms with Crippen LogP contribution in [0.3, 0.4) is 0 Å². The van der Waals surface area contributed by atoms with Gasteiger partial charge in [0, 0.05) is 26.7 Å². The van der Waals surface area contributed by atoms with Gasteiger partial charge in [0.2, 0.25) is 6.79 Å². The number of aliphatic imine (C=N–C) groups is 1. The summed E-state index contributed by atoms with van der Waals surface area (Å²) in [5.74, 6) is 3.19. The second-order valence-electron chi connectivity index (χ2n) is 6.29. The number of hydrogen-bond acceptors (Lipinski definition) is 5. The summed E-state index contributed by atoms with van der Waals surface area (Å²) in [7, 11) is 3.42. The first kappa shape index (κ1) is 19.8. The molecule has 7 nitrogen and oxygen atoms in total. The second-order valence-corrected chi connectivity index (χ2v) is 6.29. The van der Waals surface area contributed by atoms with E-state index in [9.17, 15) is 0 Å². The Bertz CT molecular complexity index is 778. The van der Waals surface area contributed by atoms with Crippen molar-refractivity contribution in [3.05, 3.63) is 53.6 Å². The molecule has 0 bridgehead atoms. The number of methoxy groups -OCH3 is 1. The molecule has 0 saturated carbocycles. The highest BCUT2D eigenvalue weighted by atomic mass is 16.7. The van der Waals surface area contributed by atoms with Crippen molar-refractivity contribution in [2.45, 2.75) is 19.6 Å². The number of ether oxygens (including phenoxy) is 4. The third-order valence-corrected chi connectivity index (χ3v) is 4.31. The molecule has 0 fully saturated rings. The number of rotatable bonds is 9. The van der Waals surface area contributed by atoms with Gasteiger partial charge in [-0.15, -0.1) is 0 Å². The molecule has 0 aliphatic carbocycles. The minimum absolute atomic E-state index is 0.288. The van der Waals surface area contributed by atoms with E-state index in [2.05, 4.69) is 15.6 Å². The Morgan fingerprint density at radius 2 is 1.82 bits per heavy atom. The first-order chi connectivity index (χ1) is 13.8. The van der Waals surface area contributed by atoms with Gasteiger partial charge < -0.3 is 29.6 Å². The van der Waals surface area contributed by atoms with Gasteiger partial charge in [-0.3, -0.25) is 4.99 Å². The highest BCUT2D eigenvalue weighted by Crippen LogP contribution is 2.32. The standard InChI is InChI=1S/C21H27N3O4/c1-22-21(24-13-17-6-9-19-20(12-17)28-15-27-19)23-10-3-11-26-14-16-4-7-18(25-2)8-5-16/h4-9,12H,3,10-11,13-15H2,1-2H3,(H2,22,23,24). The molecule has 7 heteroatoms. The van der Waals surface area contributed by atoms with Gasteiger partial charge in [0.25, 0.3) is 0 Å². The smallest absolute Gasteiger partial charge is 0.231 e. The number of guanidine groups is 1. The topological polar surface area (TPSA) is 73.3 Å². The summed E-state index contributed by atoms with van der Waals surface area (Å²) < 4.78 is 21.6. The molecule has 0 unspecified atom stereocenters. The van der Waals surface area contributed by atoms with Gasteiger partial charge >= 0.3 is 0 Å². The molecule has 1 aliphatic heterocycles. The Morgan fingerprint density at radius 3 is 2.61 bits per heavy atom. The summed E-state index contributed by atoms with van der Waals surface area (Å²) in [6.45, 7) is 3.00. The zero-order valence-electron chi connectivity index (χ0n) is 16.4. The lowest BCUT2D eigenvalue weighted by Crippen LogP contribution is -2.37. The molecule has 1 aliphatic rings. The Kier molecular flexibility index (Phi) is 7.37. The van der Waals surface area contributed by atoms with Crippen molar-refractivity contribution >= 4 is 5.96 Å². The van der Waals surface area contributed by atoms with E-state index in [0.717, 1.165) is 47.3 Å². The van der Waals surface area contributed by atoms with Crippen LogP contribution in [0.4, 0.5) is 0 Å². The van der Waals surface area contributed by atoms with Crippen LogP contribution in [0, 0.1) is 0 Å². The Morgan fingerprint density at radius 1 is 1.04 bits per heavy atom. The van der Waals surface area contributed by atoms with Gasteiger partial charge in [0.1, 0.15) is 5.75 Å². The van der Waals surface area contributed by atoms with E-state index in [1.165, 1.54) is 0 Å². The molecule has 0 amide bonds. The summed E-state index contributed by atoms with van der Waals surface area (Å²) in [4.78, 5) is 4.24. The molecule has 150 valence electrons. The fourth-order valence-electron chi connectivity index (χ4n) is 2.75. The zero-order chi connectivity index (χ0) is 19.6. The second kappa shape index (κ2) is 10.4. The van der Waals surface area contributed by atoms with Gasteiger partial charge in [-0.25, -0.2) is 0 Å². The first-order valence-corrected chi connectivity index (χ1v) is 9.32. The van der Waals surface area contributed by atoms with E-state index in [1.54, 1.807) is 14.2 Å². The molecule has 0 spiro atoms. The summed E-state index contributed by atoms with van der Waals surface area (Å²) in [5, 5.41) is 6.59. The normalized spacial score (nSPS) is 12.7. The predicted molar refractivity (Wildman–Crippen MR) is 108 cm³/mol. The average molecular weight is 385 g/mol. The van der Waals surface area contributed by atoms with Gasteiger partial charge in [-0.2, -0.15) is 0 Å². The highest BCUT2D eigenvalue weighted by Gasteiger charge is 2.13. The van der Waals surface area contributed by atoms with Crippen LogP contribution >= 0.6 is 0 Å². The molecule has 0 atom stereocenters. The van der Waals surface area contributed by atoms with Crippen LogP contribution in [-0.4, -0.2) is 40.1 Å². The van der Waals surface area contributed by atoms with Gasteiger partial charge in [-0.1, -0.05) is 18.2 Å². The highest BCUT2D eigenvalue weighted by molar-refractivity contribution is 5.79. The Balaban J connectivity index is 1.30. The summed E-state index contributed by atoms with van der Waals surface area (Å²) in [6, 6.07) is 13.8. The third kappa shape index (κ3) is 5.79. The van der Waals surface area contributed by atoms with Crippen molar-refractivity contribution in [2.24, 2.45) is 4.99 Å². The first-order valence-electron chi connectivity index (χ1n) is 9.32. The van der Waals surface area contributed by atoms with Crippen LogP contribution in [0.5, 0.6) is 17.2 Å². The molecule has 2 aromatic carbocycles. The van der Waals surface area contributed by atoms with Gasteiger partial charge in [-0.05, 0) is 41.8 Å². The Labute approximate surface area is 165 Å². The molecular formula is C21H27N3O4. The maximum absolute atomic E-state index is 5.71. The van der Waals surface area contributed by atoms with Crippen molar-refractivity contribution in [2.75, 3.05) is 34.1 Å². The number of benzene rings is 2. The van der Waals surface area contributed by atoms with Crippen LogP contribution in [0.1, 0.15) is 17.5 Å². The molecule has 2 N–H and O–H groups in total. The number of fused-ring (bicyclic) bond motifs is 1. The van der Waals surface area contributed by atoms with Crippen molar-refractivity contribution in [1.29, 1.82) is 0 Å². The number of nitrogens with one attached hydrogen (secondary N) is 2. The van der Waals surface area contributed by atoms with Crippen molar-refractivity contribution in [3.63, 3.8) is 0 Å². The van der Waals surface area contributed by atoms with Crippen LogP contribution in [0.15, 0.2) is 47.5 Å². The third-order valence-electron chi connectivity index (χ3n) is 4.31. The largest absolute Gasteiger partial charge is 0.497 e. The molecule has 2 aromatic rings. The number of hydrogen-bond donors (Lipinski definition) is 2. The summed E-state index contributed by atoms with van der Waals surface area (Å²) in [6.07, 6.45) is 0.890. The molecular weight excluding hydrogens is 358 g/mol. The van der Waals surface area contributed by atoms with Crippen molar-refractivity contribution < 1.29 is 18.9 Å². The van der Waals surface area contributed by atoms with E-state index in [4.69, 9.17) is 18.9 Å². The fraction of sp³-hybridized carbons (Fsp3) is 0.381. The van der Waals surface area contributed by atoms with Crippen LogP contribution in [0.25, 0.3) is 0 Å². The SMILES string of the molecule is CN=C(NCCCOCc1ccc(OC)cc1)NCc1ccc2c(c1)OCO2. The zero-order valence-corrected chi connectivity index (χ0v) is 16.4. The van der Waals surface area contributed by atoms with E-state index in [1.807, 2.05) is 42.5 Å². The molecule has 28 heavy (non-hydrogen) atoms. The van der Waals surface area contributed by atoms with Crippen LogP contribution < -0.4 is 24.8 Å². The average Bonchev–Trinajstić information content (AvgIpc) is 3.21. The van der Waals surface area contributed by atoms with E-state index >= 15 is 0 Å². The van der Waals surface area contributed by atoms with Gasteiger partial charge in [0.15, 0.2) is 17.5 Å². The van der Waals surface area contributed by atoms with Crippen molar-refractivity contribution in [1.82, 2.24) is 10.6 Å². The van der Waals surface area contributed by atoms with Crippen LogP contribution in [0.2, 0.25) is 0 Å². The monoisotopic (exact) mass is 385 g/mol. The van der Waals surface area contributed by atoms with Crippen molar-refractivity contribution in [3.8, 4) is 17.2 Å². The Hall–Kier alpha value is -2.93.